The number of hydrogen-bond donors (Lipinski definition) is 0. The summed E-state index contributed by atoms with van der Waals surface area (Å²) in [5, 5.41) is 0. The van der Waals surface area contributed by atoms with E-state index in [4.69, 9.17) is 23.7 Å². The van der Waals surface area contributed by atoms with Gasteiger partial charge in [0.2, 0.25) is 0 Å². The summed E-state index contributed by atoms with van der Waals surface area (Å²) in [6.07, 6.45) is -0.586. The van der Waals surface area contributed by atoms with Gasteiger partial charge in [-0.1, -0.05) is 36.4 Å². The molecule has 3 aromatic rings. The molecule has 0 aliphatic rings. The first-order valence-electron chi connectivity index (χ1n) is 12.7. The fourth-order valence-electron chi connectivity index (χ4n) is 4.06. The fourth-order valence-corrected chi connectivity index (χ4v) is 4.06. The molecule has 5 heteroatoms. The molecule has 194 valence electrons. The van der Waals surface area contributed by atoms with Gasteiger partial charge in [-0.2, -0.15) is 0 Å². The van der Waals surface area contributed by atoms with Crippen molar-refractivity contribution >= 4 is 0 Å². The maximum atomic E-state index is 6.04. The van der Waals surface area contributed by atoms with E-state index in [1.807, 2.05) is 64.1 Å². The third-order valence-corrected chi connectivity index (χ3v) is 5.47. The summed E-state index contributed by atoms with van der Waals surface area (Å²) < 4.78 is 28.8. The lowest BCUT2D eigenvalue weighted by Gasteiger charge is -2.23. The van der Waals surface area contributed by atoms with Crippen LogP contribution in [-0.4, -0.2) is 31.4 Å². The average Bonchev–Trinajstić information content (AvgIpc) is 2.82. The van der Waals surface area contributed by atoms with E-state index in [0.29, 0.717) is 13.2 Å². The van der Waals surface area contributed by atoms with Gasteiger partial charge in [0, 0.05) is 19.1 Å². The lowest BCUT2D eigenvalue weighted by atomic mass is 9.85. The van der Waals surface area contributed by atoms with Crippen LogP contribution in [0.3, 0.4) is 0 Å². The van der Waals surface area contributed by atoms with Crippen LogP contribution in [-0.2, 0) is 9.47 Å². The quantitative estimate of drug-likeness (QED) is 0.193. The molecule has 5 nitrogen and oxygen atoms in total. The van der Waals surface area contributed by atoms with Gasteiger partial charge in [0.05, 0.1) is 0 Å². The zero-order valence-electron chi connectivity index (χ0n) is 22.6. The first-order chi connectivity index (χ1) is 17.2. The van der Waals surface area contributed by atoms with Crippen LogP contribution in [0.25, 0.3) is 0 Å². The molecular formula is C31H40O5. The summed E-state index contributed by atoms with van der Waals surface area (Å²) >= 11 is 0. The lowest BCUT2D eigenvalue weighted by Crippen LogP contribution is -2.22. The average molecular weight is 493 g/mol. The maximum absolute atomic E-state index is 6.04. The zero-order chi connectivity index (χ0) is 26.1. The van der Waals surface area contributed by atoms with E-state index < -0.39 is 0 Å². The van der Waals surface area contributed by atoms with Crippen molar-refractivity contribution in [3.05, 3.63) is 89.5 Å². The monoisotopic (exact) mass is 492 g/mol. The van der Waals surface area contributed by atoms with Gasteiger partial charge in [0.1, 0.15) is 22.8 Å². The van der Waals surface area contributed by atoms with Crippen molar-refractivity contribution in [3.8, 4) is 17.2 Å². The molecule has 0 bridgehead atoms. The summed E-state index contributed by atoms with van der Waals surface area (Å²) in [6.45, 7) is 15.1. The topological polar surface area (TPSA) is 46.2 Å². The number of rotatable bonds is 12. The van der Waals surface area contributed by atoms with E-state index in [2.05, 4.69) is 57.2 Å². The van der Waals surface area contributed by atoms with E-state index in [1.165, 1.54) is 5.56 Å². The largest absolute Gasteiger partial charge is 0.488 e. The van der Waals surface area contributed by atoms with E-state index in [-0.39, 0.29) is 24.1 Å². The minimum atomic E-state index is -0.293. The molecule has 0 heterocycles. The van der Waals surface area contributed by atoms with Crippen LogP contribution in [0, 0.1) is 0 Å². The van der Waals surface area contributed by atoms with Crippen LogP contribution in [0.5, 0.6) is 17.2 Å². The number of benzene rings is 3. The van der Waals surface area contributed by atoms with Crippen molar-refractivity contribution < 1.29 is 23.7 Å². The van der Waals surface area contributed by atoms with Crippen LogP contribution >= 0.6 is 0 Å². The summed E-state index contributed by atoms with van der Waals surface area (Å²) in [5.74, 6) is 2.44. The van der Waals surface area contributed by atoms with Crippen LogP contribution in [0.1, 0.15) is 71.1 Å². The Labute approximate surface area is 216 Å². The Morgan fingerprint density at radius 2 is 0.889 bits per heavy atom. The Morgan fingerprint density at radius 1 is 0.556 bits per heavy atom. The van der Waals surface area contributed by atoms with Gasteiger partial charge in [-0.15, -0.1) is 0 Å². The minimum absolute atomic E-state index is 0.0328. The summed E-state index contributed by atoms with van der Waals surface area (Å²) in [5.41, 5.74) is 3.24. The van der Waals surface area contributed by atoms with Crippen LogP contribution in [0.15, 0.2) is 72.8 Å². The molecular weight excluding hydrogens is 452 g/mol. The maximum Gasteiger partial charge on any atom is 0.196 e. The van der Waals surface area contributed by atoms with Crippen LogP contribution in [0.2, 0.25) is 0 Å². The molecule has 3 aromatic carbocycles. The first-order valence-corrected chi connectivity index (χ1v) is 12.7. The molecule has 0 fully saturated rings. The van der Waals surface area contributed by atoms with Gasteiger partial charge in [-0.3, -0.25) is 0 Å². The highest BCUT2D eigenvalue weighted by molar-refractivity contribution is 5.47. The SMILES string of the molecule is CCOC(C)Oc1ccc(C(c2ccc(OC(C)OCC)cc2)c2ccc(OC(C)(C)C)cc2)cc1. The van der Waals surface area contributed by atoms with Crippen molar-refractivity contribution in [2.75, 3.05) is 13.2 Å². The van der Waals surface area contributed by atoms with Gasteiger partial charge in [-0.05, 0) is 102 Å². The highest BCUT2D eigenvalue weighted by atomic mass is 16.7. The van der Waals surface area contributed by atoms with Gasteiger partial charge < -0.3 is 23.7 Å². The summed E-state index contributed by atoms with van der Waals surface area (Å²) in [7, 11) is 0. The standard InChI is InChI=1S/C31H40O5/c1-8-32-22(3)34-27-16-10-24(11-17-27)30(26-14-20-29(21-15-26)36-31(5,6)7)25-12-18-28(19-13-25)35-23(4)33-9-2/h10-23,30H,8-9H2,1-7H3. The van der Waals surface area contributed by atoms with E-state index in [0.717, 1.165) is 28.4 Å². The van der Waals surface area contributed by atoms with E-state index >= 15 is 0 Å². The third-order valence-electron chi connectivity index (χ3n) is 5.47. The Morgan fingerprint density at radius 3 is 1.19 bits per heavy atom. The Kier molecular flexibility index (Phi) is 9.80. The highest BCUT2D eigenvalue weighted by Crippen LogP contribution is 2.35. The second-order valence-electron chi connectivity index (χ2n) is 9.64. The van der Waals surface area contributed by atoms with Crippen LogP contribution < -0.4 is 14.2 Å². The fraction of sp³-hybridized carbons (Fsp3) is 0.419. The normalized spacial score (nSPS) is 14.1. The molecule has 0 aromatic heterocycles. The van der Waals surface area contributed by atoms with Gasteiger partial charge in [0.15, 0.2) is 12.6 Å². The molecule has 0 spiro atoms. The van der Waals surface area contributed by atoms with E-state index in [1.54, 1.807) is 0 Å². The van der Waals surface area contributed by atoms with Crippen molar-refractivity contribution in [2.24, 2.45) is 0 Å². The Hall–Kier alpha value is -3.02. The zero-order valence-corrected chi connectivity index (χ0v) is 22.6. The summed E-state index contributed by atoms with van der Waals surface area (Å²) in [6, 6.07) is 24.8. The number of hydrogen-bond acceptors (Lipinski definition) is 5. The molecule has 0 aliphatic carbocycles. The summed E-state index contributed by atoms with van der Waals surface area (Å²) in [4.78, 5) is 0. The molecule has 2 atom stereocenters. The molecule has 0 radical (unpaired) electrons. The number of ether oxygens (including phenoxy) is 5. The predicted octanol–water partition coefficient (Wildman–Crippen LogP) is 7.57. The molecule has 0 saturated carbocycles. The molecule has 3 rings (SSSR count). The predicted molar refractivity (Wildman–Crippen MR) is 144 cm³/mol. The second kappa shape index (κ2) is 12.8. The Bertz CT molecular complexity index is 979. The molecule has 2 unspecified atom stereocenters. The molecule has 0 amide bonds. The lowest BCUT2D eigenvalue weighted by molar-refractivity contribution is -0.0616. The molecule has 0 saturated heterocycles. The van der Waals surface area contributed by atoms with Gasteiger partial charge in [-0.25, -0.2) is 0 Å². The van der Waals surface area contributed by atoms with Crippen molar-refractivity contribution in [2.45, 2.75) is 72.6 Å². The first kappa shape index (κ1) is 27.6. The highest BCUT2D eigenvalue weighted by Gasteiger charge is 2.19. The van der Waals surface area contributed by atoms with Gasteiger partial charge >= 0.3 is 0 Å². The minimum Gasteiger partial charge on any atom is -0.488 e. The van der Waals surface area contributed by atoms with Crippen molar-refractivity contribution in [3.63, 3.8) is 0 Å². The van der Waals surface area contributed by atoms with E-state index in [9.17, 15) is 0 Å². The third kappa shape index (κ3) is 8.28. The molecule has 36 heavy (non-hydrogen) atoms. The van der Waals surface area contributed by atoms with Gasteiger partial charge in [0.25, 0.3) is 0 Å². The molecule has 0 N–H and O–H groups in total. The Balaban J connectivity index is 1.90. The second-order valence-corrected chi connectivity index (χ2v) is 9.64. The smallest absolute Gasteiger partial charge is 0.196 e. The van der Waals surface area contributed by atoms with Crippen molar-refractivity contribution in [1.82, 2.24) is 0 Å². The van der Waals surface area contributed by atoms with Crippen LogP contribution in [0.4, 0.5) is 0 Å². The molecule has 0 aliphatic heterocycles. The van der Waals surface area contributed by atoms with Crippen molar-refractivity contribution in [1.29, 1.82) is 0 Å².